The molecular formula is C12H17ClN2O3. The minimum Gasteiger partial charge on any atom is -0.482 e. The van der Waals surface area contributed by atoms with Crippen molar-refractivity contribution in [3.8, 4) is 5.75 Å². The molecule has 18 heavy (non-hydrogen) atoms. The van der Waals surface area contributed by atoms with Crippen molar-refractivity contribution in [3.05, 3.63) is 28.8 Å². The summed E-state index contributed by atoms with van der Waals surface area (Å²) in [6, 6.07) is 5.29. The van der Waals surface area contributed by atoms with Crippen LogP contribution in [0.25, 0.3) is 0 Å². The zero-order chi connectivity index (χ0) is 13.4. The topological polar surface area (TPSA) is 73.6 Å². The maximum atomic E-state index is 11.4. The summed E-state index contributed by atoms with van der Waals surface area (Å²) in [4.78, 5) is 11.4. The SMILES string of the molecule is COCCNC(=O)COc1c(Cl)cccc1CN. The lowest BCUT2D eigenvalue weighted by atomic mass is 10.2. The van der Waals surface area contributed by atoms with Crippen LogP contribution in [-0.4, -0.2) is 32.8 Å². The fourth-order valence-corrected chi connectivity index (χ4v) is 1.61. The van der Waals surface area contributed by atoms with E-state index >= 15 is 0 Å². The van der Waals surface area contributed by atoms with Gasteiger partial charge >= 0.3 is 0 Å². The molecule has 0 aromatic heterocycles. The summed E-state index contributed by atoms with van der Waals surface area (Å²) < 4.78 is 10.2. The lowest BCUT2D eigenvalue weighted by Gasteiger charge is -2.12. The zero-order valence-electron chi connectivity index (χ0n) is 10.2. The molecular weight excluding hydrogens is 256 g/mol. The number of carbonyl (C=O) groups is 1. The second kappa shape index (κ2) is 7.92. The second-order valence-electron chi connectivity index (χ2n) is 3.56. The maximum absolute atomic E-state index is 11.4. The number of para-hydroxylation sites is 1. The van der Waals surface area contributed by atoms with Gasteiger partial charge < -0.3 is 20.5 Å². The molecule has 0 fully saturated rings. The molecule has 1 aromatic carbocycles. The van der Waals surface area contributed by atoms with Gasteiger partial charge in [0.25, 0.3) is 5.91 Å². The molecule has 0 heterocycles. The van der Waals surface area contributed by atoms with Crippen LogP contribution in [0.1, 0.15) is 5.56 Å². The van der Waals surface area contributed by atoms with Crippen LogP contribution in [0.5, 0.6) is 5.75 Å². The van der Waals surface area contributed by atoms with E-state index in [2.05, 4.69) is 5.32 Å². The standard InChI is InChI=1S/C12H17ClN2O3/c1-17-6-5-15-11(16)8-18-12-9(7-14)3-2-4-10(12)13/h2-4H,5-8,14H2,1H3,(H,15,16). The van der Waals surface area contributed by atoms with Crippen molar-refractivity contribution < 1.29 is 14.3 Å². The Bertz CT molecular complexity index is 399. The number of hydrogen-bond acceptors (Lipinski definition) is 4. The highest BCUT2D eigenvalue weighted by Crippen LogP contribution is 2.28. The maximum Gasteiger partial charge on any atom is 0.258 e. The molecule has 1 amide bonds. The molecule has 0 aliphatic rings. The third-order valence-corrected chi connectivity index (χ3v) is 2.54. The first-order chi connectivity index (χ1) is 8.69. The average molecular weight is 273 g/mol. The number of benzene rings is 1. The van der Waals surface area contributed by atoms with Gasteiger partial charge in [-0.05, 0) is 6.07 Å². The van der Waals surface area contributed by atoms with Crippen molar-refractivity contribution in [1.82, 2.24) is 5.32 Å². The van der Waals surface area contributed by atoms with E-state index in [1.165, 1.54) is 0 Å². The highest BCUT2D eigenvalue weighted by Gasteiger charge is 2.09. The first-order valence-electron chi connectivity index (χ1n) is 5.55. The van der Waals surface area contributed by atoms with E-state index < -0.39 is 0 Å². The van der Waals surface area contributed by atoms with E-state index in [9.17, 15) is 4.79 Å². The average Bonchev–Trinajstić information content (AvgIpc) is 2.37. The van der Waals surface area contributed by atoms with Crippen molar-refractivity contribution in [2.75, 3.05) is 26.9 Å². The Morgan fingerprint density at radius 3 is 2.94 bits per heavy atom. The van der Waals surface area contributed by atoms with Gasteiger partial charge in [0.2, 0.25) is 0 Å². The van der Waals surface area contributed by atoms with Crippen LogP contribution in [0.3, 0.4) is 0 Å². The Balaban J connectivity index is 2.50. The van der Waals surface area contributed by atoms with E-state index in [4.69, 9.17) is 26.8 Å². The monoisotopic (exact) mass is 272 g/mol. The fourth-order valence-electron chi connectivity index (χ4n) is 1.36. The molecule has 0 atom stereocenters. The summed E-state index contributed by atoms with van der Waals surface area (Å²) in [7, 11) is 1.57. The second-order valence-corrected chi connectivity index (χ2v) is 3.97. The van der Waals surface area contributed by atoms with Gasteiger partial charge in [-0.25, -0.2) is 0 Å². The van der Waals surface area contributed by atoms with Gasteiger partial charge in [-0.2, -0.15) is 0 Å². The lowest BCUT2D eigenvalue weighted by Crippen LogP contribution is -2.31. The van der Waals surface area contributed by atoms with Crippen molar-refractivity contribution in [2.45, 2.75) is 6.54 Å². The van der Waals surface area contributed by atoms with Crippen LogP contribution in [-0.2, 0) is 16.1 Å². The molecule has 0 radical (unpaired) electrons. The van der Waals surface area contributed by atoms with E-state index in [1.54, 1.807) is 19.2 Å². The quantitative estimate of drug-likeness (QED) is 0.725. The van der Waals surface area contributed by atoms with Crippen LogP contribution in [0.15, 0.2) is 18.2 Å². The minimum atomic E-state index is -0.227. The number of rotatable bonds is 7. The number of halogens is 1. The highest BCUT2D eigenvalue weighted by molar-refractivity contribution is 6.32. The summed E-state index contributed by atoms with van der Waals surface area (Å²) in [5, 5.41) is 3.09. The largest absolute Gasteiger partial charge is 0.482 e. The first kappa shape index (κ1) is 14.8. The molecule has 0 spiro atoms. The summed E-state index contributed by atoms with van der Waals surface area (Å²) in [6.45, 7) is 1.12. The van der Waals surface area contributed by atoms with Crippen LogP contribution in [0.2, 0.25) is 5.02 Å². The van der Waals surface area contributed by atoms with E-state index in [0.29, 0.717) is 30.5 Å². The summed E-state index contributed by atoms with van der Waals surface area (Å²) in [6.07, 6.45) is 0. The van der Waals surface area contributed by atoms with Crippen molar-refractivity contribution in [2.24, 2.45) is 5.73 Å². The fraction of sp³-hybridized carbons (Fsp3) is 0.417. The molecule has 0 aliphatic heterocycles. The van der Waals surface area contributed by atoms with Gasteiger partial charge in [0.1, 0.15) is 5.75 Å². The Morgan fingerprint density at radius 2 is 2.28 bits per heavy atom. The number of amides is 1. The zero-order valence-corrected chi connectivity index (χ0v) is 11.0. The number of nitrogens with two attached hydrogens (primary N) is 1. The first-order valence-corrected chi connectivity index (χ1v) is 5.92. The van der Waals surface area contributed by atoms with Crippen LogP contribution < -0.4 is 15.8 Å². The Morgan fingerprint density at radius 1 is 1.50 bits per heavy atom. The predicted molar refractivity (Wildman–Crippen MR) is 69.7 cm³/mol. The number of nitrogens with one attached hydrogen (secondary N) is 1. The Labute approximate surface area is 111 Å². The minimum absolute atomic E-state index is 0.0968. The predicted octanol–water partition coefficient (Wildman–Crippen LogP) is 0.940. The number of carbonyl (C=O) groups excluding carboxylic acids is 1. The van der Waals surface area contributed by atoms with Crippen LogP contribution in [0.4, 0.5) is 0 Å². The molecule has 6 heteroatoms. The molecule has 0 saturated carbocycles. The molecule has 0 bridgehead atoms. The highest BCUT2D eigenvalue weighted by atomic mass is 35.5. The van der Waals surface area contributed by atoms with Gasteiger partial charge in [-0.3, -0.25) is 4.79 Å². The van der Waals surface area contributed by atoms with E-state index in [0.717, 1.165) is 5.56 Å². The van der Waals surface area contributed by atoms with Crippen molar-refractivity contribution >= 4 is 17.5 Å². The van der Waals surface area contributed by atoms with Gasteiger partial charge in [-0.1, -0.05) is 23.7 Å². The van der Waals surface area contributed by atoms with Gasteiger partial charge in [0, 0.05) is 25.8 Å². The van der Waals surface area contributed by atoms with Crippen molar-refractivity contribution in [1.29, 1.82) is 0 Å². The molecule has 3 N–H and O–H groups in total. The third kappa shape index (κ3) is 4.52. The molecule has 0 aliphatic carbocycles. The molecule has 100 valence electrons. The van der Waals surface area contributed by atoms with Gasteiger partial charge in [-0.15, -0.1) is 0 Å². The normalized spacial score (nSPS) is 10.2. The molecule has 0 saturated heterocycles. The van der Waals surface area contributed by atoms with Crippen molar-refractivity contribution in [3.63, 3.8) is 0 Å². The lowest BCUT2D eigenvalue weighted by molar-refractivity contribution is -0.123. The number of hydrogen-bond donors (Lipinski definition) is 2. The van der Waals surface area contributed by atoms with Gasteiger partial charge in [0.15, 0.2) is 6.61 Å². The Hall–Kier alpha value is -1.30. The molecule has 1 aromatic rings. The Kier molecular flexibility index (Phi) is 6.49. The molecule has 5 nitrogen and oxygen atoms in total. The van der Waals surface area contributed by atoms with Gasteiger partial charge in [0.05, 0.1) is 11.6 Å². The third-order valence-electron chi connectivity index (χ3n) is 2.24. The van der Waals surface area contributed by atoms with Crippen LogP contribution in [0, 0.1) is 0 Å². The number of methoxy groups -OCH3 is 1. The summed E-state index contributed by atoms with van der Waals surface area (Å²) >= 11 is 5.99. The molecule has 0 unspecified atom stereocenters. The summed E-state index contributed by atoms with van der Waals surface area (Å²) in [5.41, 5.74) is 6.34. The van der Waals surface area contributed by atoms with Crippen LogP contribution >= 0.6 is 11.6 Å². The smallest absolute Gasteiger partial charge is 0.258 e. The molecule has 1 rings (SSSR count). The summed E-state index contributed by atoms with van der Waals surface area (Å²) in [5.74, 6) is 0.235. The van der Waals surface area contributed by atoms with E-state index in [-0.39, 0.29) is 12.5 Å². The number of ether oxygens (including phenoxy) is 2. The van der Waals surface area contributed by atoms with E-state index in [1.807, 2.05) is 6.07 Å².